The molecule has 2 heterocycles. The highest BCUT2D eigenvalue weighted by molar-refractivity contribution is 5.90. The van der Waals surface area contributed by atoms with E-state index in [2.05, 4.69) is 11.7 Å². The van der Waals surface area contributed by atoms with Gasteiger partial charge in [-0.05, 0) is 19.9 Å². The van der Waals surface area contributed by atoms with Gasteiger partial charge in [0.05, 0.1) is 24.0 Å². The van der Waals surface area contributed by atoms with Crippen molar-refractivity contribution in [2.75, 3.05) is 6.54 Å². The lowest BCUT2D eigenvalue weighted by molar-refractivity contribution is -0.130. The maximum absolute atomic E-state index is 12.8. The number of nitrogens with zero attached hydrogens (tertiary/aromatic N) is 3. The van der Waals surface area contributed by atoms with Crippen molar-refractivity contribution in [3.63, 3.8) is 0 Å². The molecule has 1 unspecified atom stereocenters. The fourth-order valence-electron chi connectivity index (χ4n) is 2.05. The number of fused-ring (bicyclic) bond motifs is 1. The zero-order valence-electron chi connectivity index (χ0n) is 9.40. The van der Waals surface area contributed by atoms with Crippen LogP contribution in [-0.4, -0.2) is 27.1 Å². The molecule has 5 heteroatoms. The first-order valence-corrected chi connectivity index (χ1v) is 5.17. The number of amides is 1. The molecule has 1 aromatic heterocycles. The molecule has 0 bridgehead atoms. The molecule has 1 aliphatic heterocycles. The van der Waals surface area contributed by atoms with Gasteiger partial charge >= 0.3 is 0 Å². The zero-order chi connectivity index (χ0) is 11.9. The molecule has 1 atom stereocenters. The van der Waals surface area contributed by atoms with Gasteiger partial charge in [-0.1, -0.05) is 6.58 Å². The first-order valence-electron chi connectivity index (χ1n) is 5.17. The molecule has 16 heavy (non-hydrogen) atoms. The van der Waals surface area contributed by atoms with Crippen molar-refractivity contribution < 1.29 is 9.18 Å². The van der Waals surface area contributed by atoms with Gasteiger partial charge < -0.3 is 4.90 Å². The van der Waals surface area contributed by atoms with E-state index in [9.17, 15) is 9.18 Å². The molecule has 0 N–H and O–H groups in total. The molecule has 0 fully saturated rings. The largest absolute Gasteiger partial charge is 0.329 e. The normalized spacial score (nSPS) is 19.4. The molecule has 0 aromatic carbocycles. The van der Waals surface area contributed by atoms with Gasteiger partial charge in [0, 0.05) is 6.54 Å². The average Bonchev–Trinajstić information content (AvgIpc) is 2.57. The number of hydrogen-bond acceptors (Lipinski definition) is 2. The Kier molecular flexibility index (Phi) is 2.53. The number of carbonyl (C=O) groups is 1. The molecule has 4 nitrogen and oxygen atoms in total. The average molecular weight is 223 g/mol. The molecule has 0 saturated carbocycles. The fraction of sp³-hybridized carbons (Fsp3) is 0.455. The number of carbonyl (C=O) groups excluding carboxylic acids is 1. The van der Waals surface area contributed by atoms with Crippen LogP contribution in [0, 0.1) is 6.92 Å². The fourth-order valence-corrected chi connectivity index (χ4v) is 2.05. The van der Waals surface area contributed by atoms with Crippen molar-refractivity contribution in [3.05, 3.63) is 29.9 Å². The Bertz CT molecular complexity index is 452. The number of rotatable bonds is 1. The van der Waals surface area contributed by atoms with E-state index in [1.165, 1.54) is 4.90 Å². The van der Waals surface area contributed by atoms with Crippen molar-refractivity contribution in [1.29, 1.82) is 0 Å². The van der Waals surface area contributed by atoms with E-state index in [1.54, 1.807) is 0 Å². The van der Waals surface area contributed by atoms with Crippen LogP contribution in [0.1, 0.15) is 24.4 Å². The number of aromatic nitrogens is 2. The highest BCUT2D eigenvalue weighted by Gasteiger charge is 2.27. The van der Waals surface area contributed by atoms with E-state index in [1.807, 2.05) is 24.6 Å². The van der Waals surface area contributed by atoms with Gasteiger partial charge in [-0.2, -0.15) is 5.10 Å². The van der Waals surface area contributed by atoms with Gasteiger partial charge in [-0.25, -0.2) is 4.39 Å². The molecule has 2 rings (SSSR count). The van der Waals surface area contributed by atoms with Crippen LogP contribution in [0.4, 0.5) is 4.39 Å². The minimum atomic E-state index is -0.906. The minimum Gasteiger partial charge on any atom is -0.329 e. The van der Waals surface area contributed by atoms with Gasteiger partial charge in [0.1, 0.15) is 0 Å². The van der Waals surface area contributed by atoms with Gasteiger partial charge in [-0.3, -0.25) is 9.48 Å². The van der Waals surface area contributed by atoms with E-state index < -0.39 is 11.7 Å². The number of aryl methyl sites for hydroxylation is 1. The van der Waals surface area contributed by atoms with E-state index in [-0.39, 0.29) is 6.04 Å². The molecule has 86 valence electrons. The van der Waals surface area contributed by atoms with Crippen molar-refractivity contribution in [2.45, 2.75) is 26.4 Å². The summed E-state index contributed by atoms with van der Waals surface area (Å²) in [5, 5.41) is 4.33. The van der Waals surface area contributed by atoms with E-state index in [4.69, 9.17) is 0 Å². The van der Waals surface area contributed by atoms with E-state index in [0.717, 1.165) is 11.4 Å². The molecular formula is C11H14FN3O. The maximum atomic E-state index is 12.8. The number of halogens is 1. The van der Waals surface area contributed by atoms with Gasteiger partial charge in [0.2, 0.25) is 0 Å². The lowest BCUT2D eigenvalue weighted by Crippen LogP contribution is -2.40. The molecular weight excluding hydrogens is 209 g/mol. The van der Waals surface area contributed by atoms with Gasteiger partial charge in [-0.15, -0.1) is 0 Å². The third kappa shape index (κ3) is 1.73. The Morgan fingerprint density at radius 3 is 3.00 bits per heavy atom. The maximum Gasteiger partial charge on any atom is 0.282 e. The first kappa shape index (κ1) is 10.9. The molecule has 1 amide bonds. The lowest BCUT2D eigenvalue weighted by atomic mass is 10.2. The third-order valence-corrected chi connectivity index (χ3v) is 2.71. The van der Waals surface area contributed by atoms with Crippen LogP contribution in [0.25, 0.3) is 0 Å². The zero-order valence-corrected chi connectivity index (χ0v) is 9.40. The Labute approximate surface area is 93.3 Å². The summed E-state index contributed by atoms with van der Waals surface area (Å²) in [6, 6.07) is 1.98. The summed E-state index contributed by atoms with van der Waals surface area (Å²) in [6.45, 7) is 7.76. The number of hydrogen-bond donors (Lipinski definition) is 0. The molecule has 0 radical (unpaired) electrons. The summed E-state index contributed by atoms with van der Waals surface area (Å²) in [5.41, 5.74) is 1.85. The topological polar surface area (TPSA) is 38.1 Å². The van der Waals surface area contributed by atoms with Crippen LogP contribution >= 0.6 is 0 Å². The highest BCUT2D eigenvalue weighted by atomic mass is 19.1. The van der Waals surface area contributed by atoms with E-state index in [0.29, 0.717) is 13.1 Å². The van der Waals surface area contributed by atoms with Crippen LogP contribution in [0.15, 0.2) is 18.5 Å². The third-order valence-electron chi connectivity index (χ3n) is 2.71. The van der Waals surface area contributed by atoms with Crippen molar-refractivity contribution in [1.82, 2.24) is 14.7 Å². The summed E-state index contributed by atoms with van der Waals surface area (Å²) in [7, 11) is 0. The predicted molar refractivity (Wildman–Crippen MR) is 57.3 cm³/mol. The van der Waals surface area contributed by atoms with Crippen molar-refractivity contribution in [3.8, 4) is 0 Å². The summed E-state index contributed by atoms with van der Waals surface area (Å²) in [4.78, 5) is 12.9. The van der Waals surface area contributed by atoms with Crippen LogP contribution in [-0.2, 0) is 11.3 Å². The van der Waals surface area contributed by atoms with E-state index >= 15 is 0 Å². The quantitative estimate of drug-likeness (QED) is 0.678. The highest BCUT2D eigenvalue weighted by Crippen LogP contribution is 2.22. The van der Waals surface area contributed by atoms with Crippen molar-refractivity contribution >= 4 is 5.91 Å². The monoisotopic (exact) mass is 223 g/mol. The van der Waals surface area contributed by atoms with Crippen LogP contribution in [0.3, 0.4) is 0 Å². The molecule has 1 aromatic rings. The first-order chi connectivity index (χ1) is 7.49. The van der Waals surface area contributed by atoms with Crippen molar-refractivity contribution in [2.24, 2.45) is 0 Å². The standard InChI is InChI=1S/C11H14FN3O/c1-7-4-10-6-14(11(16)9(3)12)5-8(2)15(10)13-7/h4,8H,3,5-6H2,1-2H3. The molecule has 0 saturated heterocycles. The molecule has 0 aliphatic carbocycles. The second-order valence-electron chi connectivity index (χ2n) is 4.16. The summed E-state index contributed by atoms with van der Waals surface area (Å²) >= 11 is 0. The summed E-state index contributed by atoms with van der Waals surface area (Å²) < 4.78 is 14.7. The predicted octanol–water partition coefficient (Wildman–Crippen LogP) is 1.58. The molecule has 0 spiro atoms. The lowest BCUT2D eigenvalue weighted by Gasteiger charge is -2.31. The molecule has 1 aliphatic rings. The minimum absolute atomic E-state index is 0.0701. The Hall–Kier alpha value is -1.65. The Morgan fingerprint density at radius 2 is 2.38 bits per heavy atom. The summed E-state index contributed by atoms with van der Waals surface area (Å²) in [6.07, 6.45) is 0. The van der Waals surface area contributed by atoms with Crippen LogP contribution < -0.4 is 0 Å². The summed E-state index contributed by atoms with van der Waals surface area (Å²) in [5.74, 6) is -1.53. The smallest absolute Gasteiger partial charge is 0.282 e. The Balaban J connectivity index is 2.27. The SMILES string of the molecule is C=C(F)C(=O)N1Cc2cc(C)nn2C(C)C1. The van der Waals surface area contributed by atoms with Crippen LogP contribution in [0.2, 0.25) is 0 Å². The second kappa shape index (κ2) is 3.73. The van der Waals surface area contributed by atoms with Gasteiger partial charge in [0.25, 0.3) is 5.91 Å². The second-order valence-corrected chi connectivity index (χ2v) is 4.16. The Morgan fingerprint density at radius 1 is 1.69 bits per heavy atom. The van der Waals surface area contributed by atoms with Crippen LogP contribution in [0.5, 0.6) is 0 Å². The van der Waals surface area contributed by atoms with Gasteiger partial charge in [0.15, 0.2) is 5.83 Å².